The number of amides is 1. The summed E-state index contributed by atoms with van der Waals surface area (Å²) in [5.74, 6) is 0.381. The van der Waals surface area contributed by atoms with E-state index in [4.69, 9.17) is 17.0 Å². The highest BCUT2D eigenvalue weighted by atomic mass is 32.1. The average molecular weight is 384 g/mol. The lowest BCUT2D eigenvalue weighted by Crippen LogP contribution is -2.37. The normalized spacial score (nSPS) is 13.3. The SMILES string of the molecule is CCc1ccc(OCC(=O)NC(=S)Nc2ccccc2N2CCCC2)cc1. The van der Waals surface area contributed by atoms with Gasteiger partial charge >= 0.3 is 0 Å². The Hall–Kier alpha value is -2.60. The second kappa shape index (κ2) is 9.37. The summed E-state index contributed by atoms with van der Waals surface area (Å²) in [6.07, 6.45) is 3.37. The van der Waals surface area contributed by atoms with Crippen LogP contribution in [-0.4, -0.2) is 30.7 Å². The molecule has 0 unspecified atom stereocenters. The van der Waals surface area contributed by atoms with Crippen LogP contribution in [-0.2, 0) is 11.2 Å². The predicted molar refractivity (Wildman–Crippen MR) is 114 cm³/mol. The molecule has 27 heavy (non-hydrogen) atoms. The number of nitrogens with zero attached hydrogens (tertiary/aromatic N) is 1. The average Bonchev–Trinajstić information content (AvgIpc) is 3.21. The second-order valence-corrected chi connectivity index (χ2v) is 6.91. The summed E-state index contributed by atoms with van der Waals surface area (Å²) < 4.78 is 5.52. The van der Waals surface area contributed by atoms with Gasteiger partial charge in [0, 0.05) is 13.1 Å². The molecule has 1 heterocycles. The first kappa shape index (κ1) is 19.2. The van der Waals surface area contributed by atoms with Crippen LogP contribution in [0.2, 0.25) is 0 Å². The van der Waals surface area contributed by atoms with Crippen LogP contribution in [0.15, 0.2) is 48.5 Å². The monoisotopic (exact) mass is 383 g/mol. The van der Waals surface area contributed by atoms with Gasteiger partial charge in [-0.25, -0.2) is 0 Å². The van der Waals surface area contributed by atoms with Crippen LogP contribution in [0.4, 0.5) is 11.4 Å². The number of carbonyl (C=O) groups is 1. The molecular formula is C21H25N3O2S. The lowest BCUT2D eigenvalue weighted by molar-refractivity contribution is -0.121. The van der Waals surface area contributed by atoms with Gasteiger partial charge in [-0.1, -0.05) is 31.2 Å². The minimum atomic E-state index is -0.286. The van der Waals surface area contributed by atoms with Crippen molar-refractivity contribution < 1.29 is 9.53 Å². The number of para-hydroxylation sites is 2. The smallest absolute Gasteiger partial charge is 0.264 e. The van der Waals surface area contributed by atoms with Crippen molar-refractivity contribution in [3.8, 4) is 5.75 Å². The van der Waals surface area contributed by atoms with Crippen LogP contribution >= 0.6 is 12.2 Å². The number of ether oxygens (including phenoxy) is 1. The Morgan fingerprint density at radius 1 is 1.11 bits per heavy atom. The number of carbonyl (C=O) groups excluding carboxylic acids is 1. The molecule has 0 aromatic heterocycles. The van der Waals surface area contributed by atoms with E-state index < -0.39 is 0 Å². The quantitative estimate of drug-likeness (QED) is 0.744. The largest absolute Gasteiger partial charge is 0.484 e. The van der Waals surface area contributed by atoms with Gasteiger partial charge in [-0.2, -0.15) is 0 Å². The summed E-state index contributed by atoms with van der Waals surface area (Å²) >= 11 is 5.29. The zero-order valence-electron chi connectivity index (χ0n) is 15.5. The Morgan fingerprint density at radius 2 is 1.81 bits per heavy atom. The van der Waals surface area contributed by atoms with Crippen molar-refractivity contribution in [2.45, 2.75) is 26.2 Å². The molecule has 142 valence electrons. The molecule has 0 bridgehead atoms. The molecule has 1 saturated heterocycles. The number of thiocarbonyl (C=S) groups is 1. The maximum absolute atomic E-state index is 12.1. The summed E-state index contributed by atoms with van der Waals surface area (Å²) in [4.78, 5) is 14.4. The lowest BCUT2D eigenvalue weighted by Gasteiger charge is -2.22. The summed E-state index contributed by atoms with van der Waals surface area (Å²) in [5.41, 5.74) is 3.24. The minimum Gasteiger partial charge on any atom is -0.484 e. The minimum absolute atomic E-state index is 0.0823. The van der Waals surface area contributed by atoms with Gasteiger partial charge in [0.05, 0.1) is 11.4 Å². The first-order valence-corrected chi connectivity index (χ1v) is 9.73. The van der Waals surface area contributed by atoms with Gasteiger partial charge in [0.2, 0.25) is 0 Å². The molecule has 6 heteroatoms. The molecule has 0 saturated carbocycles. The molecule has 0 atom stereocenters. The van der Waals surface area contributed by atoms with Crippen molar-refractivity contribution in [2.24, 2.45) is 0 Å². The molecule has 3 rings (SSSR count). The predicted octanol–water partition coefficient (Wildman–Crippen LogP) is 3.74. The van der Waals surface area contributed by atoms with Crippen LogP contribution in [0.3, 0.4) is 0 Å². The van der Waals surface area contributed by atoms with E-state index in [-0.39, 0.29) is 17.6 Å². The molecule has 1 fully saturated rings. The van der Waals surface area contributed by atoms with Crippen LogP contribution in [0.1, 0.15) is 25.3 Å². The molecular weight excluding hydrogens is 358 g/mol. The third kappa shape index (κ3) is 5.44. The fourth-order valence-electron chi connectivity index (χ4n) is 3.10. The van der Waals surface area contributed by atoms with E-state index in [9.17, 15) is 4.79 Å². The Bertz CT molecular complexity index is 786. The van der Waals surface area contributed by atoms with Gasteiger partial charge in [0.1, 0.15) is 5.75 Å². The third-order valence-corrected chi connectivity index (χ3v) is 4.76. The van der Waals surface area contributed by atoms with Crippen molar-refractivity contribution in [2.75, 3.05) is 29.9 Å². The molecule has 2 aromatic carbocycles. The van der Waals surface area contributed by atoms with Crippen LogP contribution in [0.25, 0.3) is 0 Å². The standard InChI is InChI=1S/C21H25N3O2S/c1-2-16-9-11-17(12-10-16)26-15-20(25)23-21(27)22-18-7-3-4-8-19(18)24-13-5-6-14-24/h3-4,7-12H,2,5-6,13-15H2,1H3,(H2,22,23,25,27). The molecule has 2 N–H and O–H groups in total. The van der Waals surface area contributed by atoms with E-state index in [1.54, 1.807) is 0 Å². The number of hydrogen-bond donors (Lipinski definition) is 2. The van der Waals surface area contributed by atoms with Gasteiger partial charge in [-0.3, -0.25) is 10.1 Å². The van der Waals surface area contributed by atoms with E-state index in [2.05, 4.69) is 28.5 Å². The molecule has 0 radical (unpaired) electrons. The van der Waals surface area contributed by atoms with Gasteiger partial charge < -0.3 is 15.0 Å². The van der Waals surface area contributed by atoms with E-state index in [0.29, 0.717) is 5.75 Å². The highest BCUT2D eigenvalue weighted by Gasteiger charge is 2.16. The van der Waals surface area contributed by atoms with E-state index >= 15 is 0 Å². The zero-order chi connectivity index (χ0) is 19.1. The molecule has 0 aliphatic carbocycles. The van der Waals surface area contributed by atoms with Crippen LogP contribution in [0.5, 0.6) is 5.75 Å². The molecule has 0 spiro atoms. The van der Waals surface area contributed by atoms with Crippen molar-refractivity contribution in [1.82, 2.24) is 5.32 Å². The number of anilines is 2. The zero-order valence-corrected chi connectivity index (χ0v) is 16.3. The Balaban J connectivity index is 1.50. The summed E-state index contributed by atoms with van der Waals surface area (Å²) in [5, 5.41) is 6.09. The van der Waals surface area contributed by atoms with Crippen molar-refractivity contribution in [3.63, 3.8) is 0 Å². The van der Waals surface area contributed by atoms with Crippen molar-refractivity contribution >= 4 is 34.6 Å². The Labute approximate surface area is 165 Å². The van der Waals surface area contributed by atoms with E-state index in [1.165, 1.54) is 18.4 Å². The van der Waals surface area contributed by atoms with Gasteiger partial charge in [0.25, 0.3) is 5.91 Å². The van der Waals surface area contributed by atoms with E-state index in [0.717, 1.165) is 30.9 Å². The van der Waals surface area contributed by atoms with Crippen LogP contribution in [0, 0.1) is 0 Å². The fraction of sp³-hybridized carbons (Fsp3) is 0.333. The maximum atomic E-state index is 12.1. The number of nitrogens with one attached hydrogen (secondary N) is 2. The van der Waals surface area contributed by atoms with E-state index in [1.807, 2.05) is 42.5 Å². The lowest BCUT2D eigenvalue weighted by atomic mass is 10.2. The van der Waals surface area contributed by atoms with Crippen molar-refractivity contribution in [1.29, 1.82) is 0 Å². The summed E-state index contributed by atoms with van der Waals surface area (Å²) in [6, 6.07) is 15.7. The molecule has 1 amide bonds. The maximum Gasteiger partial charge on any atom is 0.264 e. The number of hydrogen-bond acceptors (Lipinski definition) is 4. The highest BCUT2D eigenvalue weighted by molar-refractivity contribution is 7.80. The Morgan fingerprint density at radius 3 is 2.52 bits per heavy atom. The fourth-order valence-corrected chi connectivity index (χ4v) is 3.32. The molecule has 1 aliphatic rings. The van der Waals surface area contributed by atoms with Crippen LogP contribution < -0.4 is 20.3 Å². The number of benzene rings is 2. The van der Waals surface area contributed by atoms with Crippen molar-refractivity contribution in [3.05, 3.63) is 54.1 Å². The molecule has 2 aromatic rings. The highest BCUT2D eigenvalue weighted by Crippen LogP contribution is 2.28. The van der Waals surface area contributed by atoms with Gasteiger partial charge in [-0.05, 0) is 61.3 Å². The number of rotatable bonds is 6. The summed E-state index contributed by atoms with van der Waals surface area (Å²) in [6.45, 7) is 4.10. The molecule has 5 nitrogen and oxygen atoms in total. The molecule has 1 aliphatic heterocycles. The topological polar surface area (TPSA) is 53.6 Å². The Kier molecular flexibility index (Phi) is 6.65. The number of aryl methyl sites for hydroxylation is 1. The first-order valence-electron chi connectivity index (χ1n) is 9.32. The van der Waals surface area contributed by atoms with Gasteiger partial charge in [-0.15, -0.1) is 0 Å². The second-order valence-electron chi connectivity index (χ2n) is 6.50. The third-order valence-electron chi connectivity index (χ3n) is 4.55. The first-order chi connectivity index (χ1) is 13.2. The summed E-state index contributed by atoms with van der Waals surface area (Å²) in [7, 11) is 0. The van der Waals surface area contributed by atoms with Gasteiger partial charge in [0.15, 0.2) is 11.7 Å².